The van der Waals surface area contributed by atoms with Gasteiger partial charge in [0.05, 0.1) is 25.0 Å². The van der Waals surface area contributed by atoms with Gasteiger partial charge < -0.3 is 24.1 Å². The third-order valence-corrected chi connectivity index (χ3v) is 6.95. The Morgan fingerprint density at radius 1 is 0.778 bits per heavy atom. The lowest BCUT2D eigenvalue weighted by Gasteiger charge is -2.22. The summed E-state index contributed by atoms with van der Waals surface area (Å²) in [5.74, 6) is -0.167. The van der Waals surface area contributed by atoms with Gasteiger partial charge in [-0.3, -0.25) is 14.4 Å². The van der Waals surface area contributed by atoms with Crippen LogP contribution in [0.1, 0.15) is 82.8 Å². The van der Waals surface area contributed by atoms with Gasteiger partial charge in [0.25, 0.3) is 11.8 Å². The molecule has 0 bridgehead atoms. The first kappa shape index (κ1) is 32.7. The summed E-state index contributed by atoms with van der Waals surface area (Å²) in [5.41, 5.74) is 2.01. The predicted octanol–water partition coefficient (Wildman–Crippen LogP) is 7.33. The van der Waals surface area contributed by atoms with Gasteiger partial charge in [-0.05, 0) is 91.7 Å². The molecule has 234 valence electrons. The number of anilines is 1. The molecule has 0 aliphatic rings. The van der Waals surface area contributed by atoms with Crippen LogP contribution in [0.3, 0.4) is 0 Å². The van der Waals surface area contributed by atoms with Gasteiger partial charge in [0.2, 0.25) is 0 Å². The van der Waals surface area contributed by atoms with Crippen LogP contribution in [0.15, 0.2) is 95.6 Å². The fourth-order valence-corrected chi connectivity index (χ4v) is 4.58. The van der Waals surface area contributed by atoms with Crippen molar-refractivity contribution >= 4 is 29.3 Å². The maximum Gasteiger partial charge on any atom is 0.343 e. The molecule has 9 nitrogen and oxygen atoms in total. The van der Waals surface area contributed by atoms with Crippen LogP contribution in [-0.4, -0.2) is 41.6 Å². The van der Waals surface area contributed by atoms with Crippen molar-refractivity contribution in [3.05, 3.63) is 114 Å². The zero-order chi connectivity index (χ0) is 32.0. The molecule has 45 heavy (non-hydrogen) atoms. The number of carbonyl (C=O) groups is 4. The van der Waals surface area contributed by atoms with Crippen LogP contribution >= 0.6 is 0 Å². The molecule has 0 fully saturated rings. The Morgan fingerprint density at radius 3 is 2.09 bits per heavy atom. The van der Waals surface area contributed by atoms with Gasteiger partial charge in [0, 0.05) is 17.8 Å². The Hall–Kier alpha value is -5.18. The molecule has 0 aliphatic carbocycles. The molecule has 4 aromatic rings. The summed E-state index contributed by atoms with van der Waals surface area (Å²) >= 11 is 0. The fraction of sp³-hybridized carbons (Fsp3) is 0.278. The number of nitrogens with one attached hydrogen (secondary N) is 1. The maximum atomic E-state index is 13.3. The number of benzene rings is 3. The van der Waals surface area contributed by atoms with Crippen molar-refractivity contribution in [3.8, 4) is 11.5 Å². The van der Waals surface area contributed by atoms with E-state index in [0.717, 1.165) is 18.4 Å². The Morgan fingerprint density at radius 2 is 1.44 bits per heavy atom. The molecule has 0 radical (unpaired) electrons. The number of carbonyl (C=O) groups excluding carboxylic acids is 4. The van der Waals surface area contributed by atoms with Crippen LogP contribution in [0.25, 0.3) is 0 Å². The molecular formula is C36H38N2O7. The Balaban J connectivity index is 1.30. The van der Waals surface area contributed by atoms with E-state index in [-0.39, 0.29) is 30.5 Å². The average Bonchev–Trinajstić information content (AvgIpc) is 3.59. The van der Waals surface area contributed by atoms with Gasteiger partial charge in [0.15, 0.2) is 5.76 Å². The zero-order valence-electron chi connectivity index (χ0n) is 25.6. The molecular weight excluding hydrogens is 572 g/mol. The number of furan rings is 1. The molecule has 0 saturated heterocycles. The molecule has 1 heterocycles. The van der Waals surface area contributed by atoms with Crippen LogP contribution in [0.5, 0.6) is 11.5 Å². The first-order valence-electron chi connectivity index (χ1n) is 15.1. The molecule has 4 rings (SSSR count). The van der Waals surface area contributed by atoms with E-state index in [0.29, 0.717) is 34.9 Å². The van der Waals surface area contributed by atoms with Crippen LogP contribution in [0.4, 0.5) is 5.69 Å². The average molecular weight is 611 g/mol. The van der Waals surface area contributed by atoms with Crippen molar-refractivity contribution in [2.45, 2.75) is 52.5 Å². The summed E-state index contributed by atoms with van der Waals surface area (Å²) in [5, 5.41) is 2.70. The molecule has 0 atom stereocenters. The van der Waals surface area contributed by atoms with E-state index in [1.807, 2.05) is 0 Å². The molecule has 3 aromatic carbocycles. The van der Waals surface area contributed by atoms with Gasteiger partial charge in [-0.1, -0.05) is 44.7 Å². The third kappa shape index (κ3) is 10.2. The lowest BCUT2D eigenvalue weighted by molar-refractivity contribution is -0.117. The van der Waals surface area contributed by atoms with E-state index < -0.39 is 11.9 Å². The van der Waals surface area contributed by atoms with Crippen molar-refractivity contribution in [1.82, 2.24) is 4.90 Å². The van der Waals surface area contributed by atoms with Gasteiger partial charge >= 0.3 is 5.97 Å². The van der Waals surface area contributed by atoms with Crippen LogP contribution in [0, 0.1) is 0 Å². The van der Waals surface area contributed by atoms with Gasteiger partial charge in [0.1, 0.15) is 17.3 Å². The summed E-state index contributed by atoms with van der Waals surface area (Å²) < 4.78 is 16.4. The molecule has 1 aromatic heterocycles. The van der Waals surface area contributed by atoms with Crippen LogP contribution in [0.2, 0.25) is 0 Å². The standard InChI is InChI=1S/C36H38N2O7/c1-3-4-5-6-7-22-43-31-20-14-29(15-21-31)36(42)45-32-18-10-27(11-19-32)25-38(24-26(2)39)35(41)28-12-16-30(17-13-28)37-34(40)33-9-8-23-44-33/h8-21,23H,3-7,22,24-25H2,1-2H3,(H,37,40). The lowest BCUT2D eigenvalue weighted by atomic mass is 10.1. The monoisotopic (exact) mass is 610 g/mol. The molecule has 9 heteroatoms. The molecule has 0 saturated carbocycles. The Bertz CT molecular complexity index is 1540. The highest BCUT2D eigenvalue weighted by Gasteiger charge is 2.19. The topological polar surface area (TPSA) is 115 Å². The number of hydrogen-bond acceptors (Lipinski definition) is 7. The van der Waals surface area contributed by atoms with Crippen molar-refractivity contribution in [2.75, 3.05) is 18.5 Å². The smallest absolute Gasteiger partial charge is 0.343 e. The minimum atomic E-state index is -0.494. The Kier molecular flexibility index (Phi) is 12.1. The fourth-order valence-electron chi connectivity index (χ4n) is 4.58. The largest absolute Gasteiger partial charge is 0.494 e. The highest BCUT2D eigenvalue weighted by molar-refractivity contribution is 6.03. The number of nitrogens with zero attached hydrogens (tertiary/aromatic N) is 1. The first-order chi connectivity index (χ1) is 21.8. The minimum Gasteiger partial charge on any atom is -0.494 e. The summed E-state index contributed by atoms with van der Waals surface area (Å²) in [6, 6.07) is 23.2. The number of amides is 2. The van der Waals surface area contributed by atoms with E-state index in [1.165, 1.54) is 37.3 Å². The SMILES string of the molecule is CCCCCCCOc1ccc(C(=O)Oc2ccc(CN(CC(C)=O)C(=O)c3ccc(NC(=O)c4ccco4)cc3)cc2)cc1. The quantitative estimate of drug-likeness (QED) is 0.0802. The van der Waals surface area contributed by atoms with E-state index in [1.54, 1.807) is 84.9 Å². The van der Waals surface area contributed by atoms with Crippen molar-refractivity contribution in [1.29, 1.82) is 0 Å². The van der Waals surface area contributed by atoms with E-state index in [2.05, 4.69) is 12.2 Å². The number of rotatable bonds is 16. The predicted molar refractivity (Wildman–Crippen MR) is 171 cm³/mol. The van der Waals surface area contributed by atoms with Crippen molar-refractivity contribution in [3.63, 3.8) is 0 Å². The number of hydrogen-bond donors (Lipinski definition) is 1. The van der Waals surface area contributed by atoms with Crippen LogP contribution in [-0.2, 0) is 11.3 Å². The van der Waals surface area contributed by atoms with Crippen molar-refractivity contribution < 1.29 is 33.1 Å². The highest BCUT2D eigenvalue weighted by Crippen LogP contribution is 2.20. The summed E-state index contributed by atoms with van der Waals surface area (Å²) in [6.45, 7) is 4.35. The Labute approximate surface area is 263 Å². The van der Waals surface area contributed by atoms with Crippen LogP contribution < -0.4 is 14.8 Å². The highest BCUT2D eigenvalue weighted by atomic mass is 16.5. The lowest BCUT2D eigenvalue weighted by Crippen LogP contribution is -2.34. The third-order valence-electron chi connectivity index (χ3n) is 6.95. The molecule has 0 aliphatic heterocycles. The summed E-state index contributed by atoms with van der Waals surface area (Å²) in [4.78, 5) is 51.6. The van der Waals surface area contributed by atoms with Gasteiger partial charge in [-0.15, -0.1) is 0 Å². The molecule has 0 spiro atoms. The molecule has 2 amide bonds. The minimum absolute atomic E-state index is 0.0783. The zero-order valence-corrected chi connectivity index (χ0v) is 25.6. The number of ketones is 1. The number of esters is 1. The molecule has 0 unspecified atom stereocenters. The number of Topliss-reactive ketones (excluding diaryl/α,β-unsaturated/α-hetero) is 1. The summed E-state index contributed by atoms with van der Waals surface area (Å²) in [6.07, 6.45) is 7.22. The van der Waals surface area contributed by atoms with E-state index >= 15 is 0 Å². The van der Waals surface area contributed by atoms with E-state index in [4.69, 9.17) is 13.9 Å². The number of unbranched alkanes of at least 4 members (excludes halogenated alkanes) is 4. The summed E-state index contributed by atoms with van der Waals surface area (Å²) in [7, 11) is 0. The second-order valence-electron chi connectivity index (χ2n) is 10.7. The number of ether oxygens (including phenoxy) is 2. The normalized spacial score (nSPS) is 10.6. The second-order valence-corrected chi connectivity index (χ2v) is 10.7. The maximum absolute atomic E-state index is 13.3. The van der Waals surface area contributed by atoms with Gasteiger partial charge in [-0.25, -0.2) is 4.79 Å². The van der Waals surface area contributed by atoms with E-state index in [9.17, 15) is 19.2 Å². The van der Waals surface area contributed by atoms with Gasteiger partial charge in [-0.2, -0.15) is 0 Å². The molecule has 1 N–H and O–H groups in total. The van der Waals surface area contributed by atoms with Crippen molar-refractivity contribution in [2.24, 2.45) is 0 Å². The first-order valence-corrected chi connectivity index (χ1v) is 15.1. The second kappa shape index (κ2) is 16.6.